The number of primary amides is 1. The molecule has 1 aliphatic carbocycles. The summed E-state index contributed by atoms with van der Waals surface area (Å²) < 4.78 is 27.6. The Morgan fingerprint density at radius 2 is 1.74 bits per heavy atom. The van der Waals surface area contributed by atoms with Crippen LogP contribution in [-0.2, 0) is 22.9 Å². The first-order valence-corrected chi connectivity index (χ1v) is 8.98. The zero-order valence-electron chi connectivity index (χ0n) is 12.6. The van der Waals surface area contributed by atoms with Gasteiger partial charge < -0.3 is 5.73 Å². The van der Waals surface area contributed by atoms with E-state index in [1.54, 1.807) is 30.3 Å². The normalized spacial score (nSPS) is 14.1. The number of rotatable bonds is 4. The standard InChI is InChI=1S/C17H18N2O3S/c18-17(20)14-6-3-7-15(10-14)19-23(21,22)16-9-8-12-4-1-2-5-13(12)11-16/h3,6-11,19H,1-2,4-5H2,(H2,18,20). The molecule has 0 aliphatic heterocycles. The highest BCUT2D eigenvalue weighted by molar-refractivity contribution is 7.92. The van der Waals surface area contributed by atoms with Gasteiger partial charge in [0.15, 0.2) is 0 Å². The van der Waals surface area contributed by atoms with Gasteiger partial charge in [-0.3, -0.25) is 9.52 Å². The second kappa shape index (κ2) is 6.04. The first-order valence-electron chi connectivity index (χ1n) is 7.50. The van der Waals surface area contributed by atoms with E-state index in [0.29, 0.717) is 5.69 Å². The molecule has 0 fully saturated rings. The van der Waals surface area contributed by atoms with E-state index in [1.807, 2.05) is 6.07 Å². The van der Waals surface area contributed by atoms with Gasteiger partial charge in [-0.25, -0.2) is 8.42 Å². The van der Waals surface area contributed by atoms with Crippen LogP contribution >= 0.6 is 0 Å². The van der Waals surface area contributed by atoms with E-state index in [-0.39, 0.29) is 10.5 Å². The van der Waals surface area contributed by atoms with E-state index in [9.17, 15) is 13.2 Å². The Hall–Kier alpha value is -2.34. The van der Waals surface area contributed by atoms with Crippen LogP contribution < -0.4 is 10.5 Å². The number of anilines is 1. The highest BCUT2D eigenvalue weighted by Gasteiger charge is 2.18. The second-order valence-electron chi connectivity index (χ2n) is 5.69. The molecule has 6 heteroatoms. The van der Waals surface area contributed by atoms with E-state index >= 15 is 0 Å². The van der Waals surface area contributed by atoms with Gasteiger partial charge in [0.1, 0.15) is 0 Å². The maximum atomic E-state index is 12.5. The van der Waals surface area contributed by atoms with Gasteiger partial charge in [0.05, 0.1) is 4.90 Å². The molecular formula is C17H18N2O3S. The van der Waals surface area contributed by atoms with Crippen molar-refractivity contribution >= 4 is 21.6 Å². The average Bonchev–Trinajstić information content (AvgIpc) is 2.54. The number of nitrogens with one attached hydrogen (secondary N) is 1. The molecule has 0 bridgehead atoms. The Bertz CT molecular complexity index is 860. The van der Waals surface area contributed by atoms with Crippen LogP contribution in [0.15, 0.2) is 47.4 Å². The average molecular weight is 330 g/mol. The molecule has 0 aromatic heterocycles. The molecule has 120 valence electrons. The number of fused-ring (bicyclic) bond motifs is 1. The minimum absolute atomic E-state index is 0.239. The second-order valence-corrected chi connectivity index (χ2v) is 7.37. The predicted molar refractivity (Wildman–Crippen MR) is 88.9 cm³/mol. The summed E-state index contributed by atoms with van der Waals surface area (Å²) in [5.41, 5.74) is 8.13. The molecule has 0 spiro atoms. The van der Waals surface area contributed by atoms with Crippen LogP contribution in [0.5, 0.6) is 0 Å². The lowest BCUT2D eigenvalue weighted by Gasteiger charge is -2.17. The molecule has 23 heavy (non-hydrogen) atoms. The van der Waals surface area contributed by atoms with Crippen molar-refractivity contribution in [2.75, 3.05) is 4.72 Å². The number of benzene rings is 2. The zero-order chi connectivity index (χ0) is 16.4. The summed E-state index contributed by atoms with van der Waals surface area (Å²) >= 11 is 0. The summed E-state index contributed by atoms with van der Waals surface area (Å²) in [6, 6.07) is 11.4. The number of sulfonamides is 1. The summed E-state index contributed by atoms with van der Waals surface area (Å²) in [5.74, 6) is -0.597. The van der Waals surface area contributed by atoms with Gasteiger partial charge in [0.25, 0.3) is 10.0 Å². The molecule has 3 rings (SSSR count). The molecular weight excluding hydrogens is 312 g/mol. The quantitative estimate of drug-likeness (QED) is 0.902. The van der Waals surface area contributed by atoms with Crippen LogP contribution in [0.1, 0.15) is 34.3 Å². The molecule has 0 unspecified atom stereocenters. The van der Waals surface area contributed by atoms with Crippen molar-refractivity contribution in [3.05, 3.63) is 59.2 Å². The lowest BCUT2D eigenvalue weighted by atomic mass is 9.92. The molecule has 0 heterocycles. The van der Waals surface area contributed by atoms with Crippen LogP contribution in [0.25, 0.3) is 0 Å². The fraction of sp³-hybridized carbons (Fsp3) is 0.235. The van der Waals surface area contributed by atoms with Crippen molar-refractivity contribution in [3.8, 4) is 0 Å². The minimum Gasteiger partial charge on any atom is -0.366 e. The van der Waals surface area contributed by atoms with Crippen LogP contribution in [0.4, 0.5) is 5.69 Å². The summed E-state index contributed by atoms with van der Waals surface area (Å²) in [6.45, 7) is 0. The number of carbonyl (C=O) groups excluding carboxylic acids is 1. The molecule has 0 saturated carbocycles. The van der Waals surface area contributed by atoms with Crippen LogP contribution in [0, 0.1) is 0 Å². The Labute approximate surface area is 135 Å². The molecule has 0 radical (unpaired) electrons. The first-order chi connectivity index (χ1) is 11.0. The molecule has 2 aromatic rings. The molecule has 1 amide bonds. The van der Waals surface area contributed by atoms with E-state index in [0.717, 1.165) is 31.2 Å². The molecule has 5 nitrogen and oxygen atoms in total. The summed E-state index contributed by atoms with van der Waals surface area (Å²) in [6.07, 6.45) is 4.15. The van der Waals surface area contributed by atoms with Crippen molar-refractivity contribution in [2.24, 2.45) is 5.73 Å². The lowest BCUT2D eigenvalue weighted by molar-refractivity contribution is 0.100. The van der Waals surface area contributed by atoms with Crippen molar-refractivity contribution in [3.63, 3.8) is 0 Å². The van der Waals surface area contributed by atoms with Crippen molar-refractivity contribution < 1.29 is 13.2 Å². The summed E-state index contributed by atoms with van der Waals surface area (Å²) in [5, 5.41) is 0. The van der Waals surface area contributed by atoms with Gasteiger partial charge in [-0.1, -0.05) is 12.1 Å². The fourth-order valence-electron chi connectivity index (χ4n) is 2.83. The van der Waals surface area contributed by atoms with Gasteiger partial charge >= 0.3 is 0 Å². The van der Waals surface area contributed by atoms with E-state index in [2.05, 4.69) is 4.72 Å². The number of hydrogen-bond acceptors (Lipinski definition) is 3. The molecule has 3 N–H and O–H groups in total. The smallest absolute Gasteiger partial charge is 0.261 e. The Kier molecular flexibility index (Phi) is 4.09. The lowest BCUT2D eigenvalue weighted by Crippen LogP contribution is -2.16. The minimum atomic E-state index is -3.69. The van der Waals surface area contributed by atoms with Crippen molar-refractivity contribution in [2.45, 2.75) is 30.6 Å². The molecule has 1 aliphatic rings. The number of aryl methyl sites for hydroxylation is 2. The SMILES string of the molecule is NC(=O)c1cccc(NS(=O)(=O)c2ccc3c(c2)CCCC3)c1. The van der Waals surface area contributed by atoms with Gasteiger partial charge in [-0.05, 0) is 67.1 Å². The Morgan fingerprint density at radius 3 is 2.48 bits per heavy atom. The van der Waals surface area contributed by atoms with Crippen molar-refractivity contribution in [1.29, 1.82) is 0 Å². The van der Waals surface area contributed by atoms with Gasteiger partial charge in [0.2, 0.25) is 5.91 Å². The maximum absolute atomic E-state index is 12.5. The van der Waals surface area contributed by atoms with Crippen LogP contribution in [-0.4, -0.2) is 14.3 Å². The highest BCUT2D eigenvalue weighted by atomic mass is 32.2. The third-order valence-electron chi connectivity index (χ3n) is 4.03. The molecule has 0 saturated heterocycles. The number of amides is 1. The number of hydrogen-bond donors (Lipinski definition) is 2. The number of carbonyl (C=O) groups is 1. The molecule has 0 atom stereocenters. The Morgan fingerprint density at radius 1 is 1.00 bits per heavy atom. The van der Waals surface area contributed by atoms with Gasteiger partial charge in [0, 0.05) is 11.3 Å². The van der Waals surface area contributed by atoms with Crippen LogP contribution in [0.2, 0.25) is 0 Å². The zero-order valence-corrected chi connectivity index (χ0v) is 13.4. The van der Waals surface area contributed by atoms with Gasteiger partial charge in [-0.15, -0.1) is 0 Å². The molecule has 2 aromatic carbocycles. The third-order valence-corrected chi connectivity index (χ3v) is 5.41. The predicted octanol–water partition coefficient (Wildman–Crippen LogP) is 2.47. The van der Waals surface area contributed by atoms with Crippen molar-refractivity contribution in [1.82, 2.24) is 0 Å². The fourth-order valence-corrected chi connectivity index (χ4v) is 3.93. The third kappa shape index (κ3) is 3.37. The highest BCUT2D eigenvalue weighted by Crippen LogP contribution is 2.25. The number of nitrogens with two attached hydrogens (primary N) is 1. The van der Waals surface area contributed by atoms with E-state index < -0.39 is 15.9 Å². The summed E-state index contributed by atoms with van der Waals surface area (Å²) in [4.78, 5) is 11.4. The maximum Gasteiger partial charge on any atom is 0.261 e. The van der Waals surface area contributed by atoms with Gasteiger partial charge in [-0.2, -0.15) is 0 Å². The first kappa shape index (κ1) is 15.6. The summed E-state index contributed by atoms with van der Waals surface area (Å²) in [7, 11) is -3.69. The van der Waals surface area contributed by atoms with E-state index in [1.165, 1.54) is 11.6 Å². The van der Waals surface area contributed by atoms with E-state index in [4.69, 9.17) is 5.73 Å². The topological polar surface area (TPSA) is 89.3 Å². The monoisotopic (exact) mass is 330 g/mol. The largest absolute Gasteiger partial charge is 0.366 e. The van der Waals surface area contributed by atoms with Crippen LogP contribution in [0.3, 0.4) is 0 Å². The Balaban J connectivity index is 1.90.